The zero-order valence-corrected chi connectivity index (χ0v) is 11.2. The standard InChI is InChI=1S/C17H15NO2/c1-2-18-16(19)14-11-7-6-10-13(14)15(17(18)20)12-8-4-3-5-9-12/h3-11,15H,2H2,1H3. The van der Waals surface area contributed by atoms with Crippen molar-refractivity contribution in [3.63, 3.8) is 0 Å². The molecule has 0 aliphatic carbocycles. The number of rotatable bonds is 2. The van der Waals surface area contributed by atoms with Crippen molar-refractivity contribution in [2.75, 3.05) is 6.54 Å². The van der Waals surface area contributed by atoms with Crippen LogP contribution in [-0.4, -0.2) is 23.3 Å². The van der Waals surface area contributed by atoms with Crippen molar-refractivity contribution in [2.45, 2.75) is 12.8 Å². The van der Waals surface area contributed by atoms with Gasteiger partial charge in [-0.25, -0.2) is 0 Å². The first-order chi connectivity index (χ1) is 9.74. The third-order valence-corrected chi connectivity index (χ3v) is 3.71. The molecule has 1 aliphatic rings. The molecule has 0 spiro atoms. The predicted octanol–water partition coefficient (Wildman–Crippen LogP) is 2.82. The Bertz CT molecular complexity index is 664. The fourth-order valence-electron chi connectivity index (χ4n) is 2.74. The van der Waals surface area contributed by atoms with E-state index < -0.39 is 0 Å². The van der Waals surface area contributed by atoms with Crippen LogP contribution in [0, 0.1) is 0 Å². The summed E-state index contributed by atoms with van der Waals surface area (Å²) in [5.74, 6) is -0.715. The van der Waals surface area contributed by atoms with Gasteiger partial charge in [-0.2, -0.15) is 0 Å². The Morgan fingerprint density at radius 1 is 0.950 bits per heavy atom. The molecule has 2 aromatic carbocycles. The lowest BCUT2D eigenvalue weighted by atomic mass is 9.83. The summed E-state index contributed by atoms with van der Waals surface area (Å²) in [6.45, 7) is 2.22. The zero-order valence-electron chi connectivity index (χ0n) is 11.2. The normalized spacial score (nSPS) is 18.1. The average molecular weight is 265 g/mol. The molecule has 1 aliphatic heterocycles. The molecule has 2 aromatic rings. The smallest absolute Gasteiger partial charge is 0.260 e. The summed E-state index contributed by atoms with van der Waals surface area (Å²) in [7, 11) is 0. The minimum atomic E-state index is -0.384. The number of carbonyl (C=O) groups excluding carboxylic acids is 2. The van der Waals surface area contributed by atoms with Crippen LogP contribution in [0.25, 0.3) is 0 Å². The fraction of sp³-hybridized carbons (Fsp3) is 0.176. The Balaban J connectivity index is 2.20. The summed E-state index contributed by atoms with van der Waals surface area (Å²) in [6.07, 6.45) is 0. The molecule has 3 rings (SSSR count). The Morgan fingerprint density at radius 3 is 2.30 bits per heavy atom. The molecule has 0 N–H and O–H groups in total. The van der Waals surface area contributed by atoms with E-state index in [0.717, 1.165) is 11.1 Å². The Hall–Kier alpha value is -2.42. The molecule has 1 unspecified atom stereocenters. The summed E-state index contributed by atoms with van der Waals surface area (Å²) in [6, 6.07) is 17.0. The monoisotopic (exact) mass is 265 g/mol. The molecule has 1 atom stereocenters. The van der Waals surface area contributed by atoms with E-state index in [1.165, 1.54) is 4.90 Å². The molecule has 0 aromatic heterocycles. The van der Waals surface area contributed by atoms with Crippen LogP contribution in [0.3, 0.4) is 0 Å². The first kappa shape index (κ1) is 12.6. The number of imide groups is 1. The van der Waals surface area contributed by atoms with Gasteiger partial charge in [-0.3, -0.25) is 14.5 Å². The SMILES string of the molecule is CCN1C(=O)c2ccccc2C(c2ccccc2)C1=O. The number of carbonyl (C=O) groups is 2. The highest BCUT2D eigenvalue weighted by molar-refractivity contribution is 6.12. The summed E-state index contributed by atoms with van der Waals surface area (Å²) in [5, 5.41) is 0. The molecular weight excluding hydrogens is 250 g/mol. The Labute approximate surface area is 117 Å². The van der Waals surface area contributed by atoms with Crippen LogP contribution in [0.5, 0.6) is 0 Å². The molecule has 20 heavy (non-hydrogen) atoms. The maximum absolute atomic E-state index is 12.6. The van der Waals surface area contributed by atoms with E-state index in [0.29, 0.717) is 12.1 Å². The maximum atomic E-state index is 12.6. The Morgan fingerprint density at radius 2 is 1.60 bits per heavy atom. The molecule has 3 nitrogen and oxygen atoms in total. The quantitative estimate of drug-likeness (QED) is 0.783. The number of benzene rings is 2. The van der Waals surface area contributed by atoms with Gasteiger partial charge in [0.25, 0.3) is 5.91 Å². The minimum Gasteiger partial charge on any atom is -0.278 e. The second kappa shape index (κ2) is 4.93. The van der Waals surface area contributed by atoms with E-state index in [-0.39, 0.29) is 17.7 Å². The van der Waals surface area contributed by atoms with Gasteiger partial charge in [0.15, 0.2) is 0 Å². The summed E-state index contributed by atoms with van der Waals surface area (Å²) < 4.78 is 0. The van der Waals surface area contributed by atoms with Gasteiger partial charge >= 0.3 is 0 Å². The van der Waals surface area contributed by atoms with Crippen LogP contribution in [0.4, 0.5) is 0 Å². The summed E-state index contributed by atoms with van der Waals surface area (Å²) >= 11 is 0. The van der Waals surface area contributed by atoms with E-state index in [1.54, 1.807) is 6.07 Å². The van der Waals surface area contributed by atoms with E-state index in [9.17, 15) is 9.59 Å². The molecule has 100 valence electrons. The largest absolute Gasteiger partial charge is 0.278 e. The van der Waals surface area contributed by atoms with Crippen LogP contribution < -0.4 is 0 Å². The van der Waals surface area contributed by atoms with Crippen molar-refractivity contribution >= 4 is 11.8 Å². The van der Waals surface area contributed by atoms with Crippen LogP contribution in [0.2, 0.25) is 0 Å². The highest BCUT2D eigenvalue weighted by Crippen LogP contribution is 2.34. The topological polar surface area (TPSA) is 37.4 Å². The van der Waals surface area contributed by atoms with Crippen LogP contribution in [0.15, 0.2) is 54.6 Å². The molecule has 0 saturated heterocycles. The predicted molar refractivity (Wildman–Crippen MR) is 76.4 cm³/mol. The number of likely N-dealkylation sites (N-methyl/N-ethyl adjacent to an activating group) is 1. The van der Waals surface area contributed by atoms with Gasteiger partial charge < -0.3 is 0 Å². The molecule has 2 amide bonds. The minimum absolute atomic E-state index is 0.137. The van der Waals surface area contributed by atoms with E-state index >= 15 is 0 Å². The van der Waals surface area contributed by atoms with Crippen molar-refractivity contribution in [2.24, 2.45) is 0 Å². The van der Waals surface area contributed by atoms with E-state index in [1.807, 2.05) is 55.5 Å². The number of hydrogen-bond acceptors (Lipinski definition) is 2. The molecular formula is C17H15NO2. The fourth-order valence-corrected chi connectivity index (χ4v) is 2.74. The van der Waals surface area contributed by atoms with Crippen molar-refractivity contribution in [1.82, 2.24) is 4.90 Å². The van der Waals surface area contributed by atoms with Gasteiger partial charge in [0, 0.05) is 12.1 Å². The lowest BCUT2D eigenvalue weighted by Gasteiger charge is -2.32. The van der Waals surface area contributed by atoms with Gasteiger partial charge in [0.05, 0.1) is 5.92 Å². The van der Waals surface area contributed by atoms with E-state index in [2.05, 4.69) is 0 Å². The molecule has 3 heteroatoms. The Kier molecular flexibility index (Phi) is 3.11. The molecule has 0 saturated carbocycles. The number of fused-ring (bicyclic) bond motifs is 1. The van der Waals surface area contributed by atoms with Crippen molar-refractivity contribution < 1.29 is 9.59 Å². The second-order valence-electron chi connectivity index (χ2n) is 4.82. The van der Waals surface area contributed by atoms with Crippen molar-refractivity contribution in [3.8, 4) is 0 Å². The summed E-state index contributed by atoms with van der Waals surface area (Å²) in [5.41, 5.74) is 2.36. The third kappa shape index (κ3) is 1.83. The highest BCUT2D eigenvalue weighted by atomic mass is 16.2. The maximum Gasteiger partial charge on any atom is 0.260 e. The van der Waals surface area contributed by atoms with Gasteiger partial charge in [-0.15, -0.1) is 0 Å². The second-order valence-corrected chi connectivity index (χ2v) is 4.82. The van der Waals surface area contributed by atoms with Gasteiger partial charge in [-0.1, -0.05) is 48.5 Å². The lowest BCUT2D eigenvalue weighted by molar-refractivity contribution is -0.129. The number of nitrogens with zero attached hydrogens (tertiary/aromatic N) is 1. The van der Waals surface area contributed by atoms with Crippen LogP contribution in [0.1, 0.15) is 34.3 Å². The van der Waals surface area contributed by atoms with E-state index in [4.69, 9.17) is 0 Å². The lowest BCUT2D eigenvalue weighted by Crippen LogP contribution is -2.44. The van der Waals surface area contributed by atoms with Crippen LogP contribution >= 0.6 is 0 Å². The van der Waals surface area contributed by atoms with Gasteiger partial charge in [0.1, 0.15) is 0 Å². The van der Waals surface area contributed by atoms with Crippen molar-refractivity contribution in [1.29, 1.82) is 0 Å². The first-order valence-corrected chi connectivity index (χ1v) is 6.73. The van der Waals surface area contributed by atoms with Gasteiger partial charge in [-0.05, 0) is 24.1 Å². The molecule has 0 fully saturated rings. The molecule has 0 radical (unpaired) electrons. The molecule has 0 bridgehead atoms. The average Bonchev–Trinajstić information content (AvgIpc) is 2.49. The van der Waals surface area contributed by atoms with Crippen molar-refractivity contribution in [3.05, 3.63) is 71.3 Å². The number of amides is 2. The van der Waals surface area contributed by atoms with Crippen LogP contribution in [-0.2, 0) is 4.79 Å². The molecule has 1 heterocycles. The summed E-state index contributed by atoms with van der Waals surface area (Å²) in [4.78, 5) is 26.3. The zero-order chi connectivity index (χ0) is 14.1. The first-order valence-electron chi connectivity index (χ1n) is 6.73. The van der Waals surface area contributed by atoms with Gasteiger partial charge in [0.2, 0.25) is 5.91 Å². The highest BCUT2D eigenvalue weighted by Gasteiger charge is 2.38. The number of hydrogen-bond donors (Lipinski definition) is 0. The third-order valence-electron chi connectivity index (χ3n) is 3.71.